The fourth-order valence-electron chi connectivity index (χ4n) is 2.76. The van der Waals surface area contributed by atoms with E-state index < -0.39 is 0 Å². The fourth-order valence-corrected chi connectivity index (χ4v) is 4.65. The zero-order chi connectivity index (χ0) is 14.1. The molecule has 1 unspecified atom stereocenters. The molecule has 0 saturated heterocycles. The Morgan fingerprint density at radius 1 is 1.50 bits per heavy atom. The van der Waals surface area contributed by atoms with E-state index in [1.807, 2.05) is 23.1 Å². The lowest BCUT2D eigenvalue weighted by molar-refractivity contribution is 0.555. The molecule has 0 bridgehead atoms. The SMILES string of the molecule is CCCNC(c1cc2c(s1)CCC2)c1c(Br)nnn1C. The predicted octanol–water partition coefficient (Wildman–Crippen LogP) is 3.22. The van der Waals surface area contributed by atoms with Gasteiger partial charge in [-0.2, -0.15) is 0 Å². The van der Waals surface area contributed by atoms with Gasteiger partial charge >= 0.3 is 0 Å². The largest absolute Gasteiger partial charge is 0.304 e. The summed E-state index contributed by atoms with van der Waals surface area (Å²) in [6.07, 6.45) is 4.90. The van der Waals surface area contributed by atoms with Crippen molar-refractivity contribution < 1.29 is 0 Å². The molecule has 0 saturated carbocycles. The van der Waals surface area contributed by atoms with Gasteiger partial charge in [-0.3, -0.25) is 0 Å². The Morgan fingerprint density at radius 3 is 3.00 bits per heavy atom. The van der Waals surface area contributed by atoms with E-state index in [0.29, 0.717) is 0 Å². The molecule has 20 heavy (non-hydrogen) atoms. The maximum absolute atomic E-state index is 4.13. The molecule has 0 radical (unpaired) electrons. The molecule has 2 heterocycles. The standard InChI is InChI=1S/C14H19BrN4S/c1-3-7-16-12(13-14(15)17-18-19(13)2)11-8-9-5-4-6-10(9)20-11/h8,12,16H,3-7H2,1-2H3. The molecule has 108 valence electrons. The monoisotopic (exact) mass is 354 g/mol. The first-order valence-electron chi connectivity index (χ1n) is 7.10. The van der Waals surface area contributed by atoms with E-state index in [0.717, 1.165) is 23.3 Å². The number of hydrogen-bond donors (Lipinski definition) is 1. The van der Waals surface area contributed by atoms with Gasteiger partial charge in [-0.1, -0.05) is 12.1 Å². The van der Waals surface area contributed by atoms with Gasteiger partial charge in [-0.05, 0) is 59.8 Å². The number of aromatic nitrogens is 3. The van der Waals surface area contributed by atoms with Crippen LogP contribution in [0.25, 0.3) is 0 Å². The molecule has 0 aliphatic heterocycles. The zero-order valence-corrected chi connectivity index (χ0v) is 14.2. The Labute approximate surface area is 131 Å². The Kier molecular flexibility index (Phi) is 4.23. The molecule has 2 aromatic rings. The summed E-state index contributed by atoms with van der Waals surface area (Å²) < 4.78 is 2.70. The highest BCUT2D eigenvalue weighted by atomic mass is 79.9. The average molecular weight is 355 g/mol. The minimum atomic E-state index is 0.180. The molecule has 0 amide bonds. The van der Waals surface area contributed by atoms with E-state index in [9.17, 15) is 0 Å². The van der Waals surface area contributed by atoms with Crippen LogP contribution in [0, 0.1) is 0 Å². The average Bonchev–Trinajstić information content (AvgIpc) is 3.08. The van der Waals surface area contributed by atoms with E-state index >= 15 is 0 Å². The Balaban J connectivity index is 1.97. The number of thiophene rings is 1. The molecule has 0 aromatic carbocycles. The van der Waals surface area contributed by atoms with Crippen LogP contribution in [0.1, 0.15) is 46.8 Å². The van der Waals surface area contributed by atoms with Gasteiger partial charge in [0.25, 0.3) is 0 Å². The van der Waals surface area contributed by atoms with Crippen molar-refractivity contribution in [3.8, 4) is 0 Å². The molecule has 6 heteroatoms. The second kappa shape index (κ2) is 5.95. The molecule has 1 N–H and O–H groups in total. The summed E-state index contributed by atoms with van der Waals surface area (Å²) in [6, 6.07) is 2.56. The number of rotatable bonds is 5. The van der Waals surface area contributed by atoms with Crippen LogP contribution in [0.5, 0.6) is 0 Å². The second-order valence-electron chi connectivity index (χ2n) is 5.23. The highest BCUT2D eigenvalue weighted by Gasteiger charge is 2.25. The summed E-state index contributed by atoms with van der Waals surface area (Å²) >= 11 is 5.48. The lowest BCUT2D eigenvalue weighted by Crippen LogP contribution is -2.25. The van der Waals surface area contributed by atoms with Gasteiger partial charge in [0, 0.05) is 16.8 Å². The van der Waals surface area contributed by atoms with Crippen LogP contribution in [-0.4, -0.2) is 21.5 Å². The third-order valence-electron chi connectivity index (χ3n) is 3.75. The second-order valence-corrected chi connectivity index (χ2v) is 7.15. The van der Waals surface area contributed by atoms with Gasteiger partial charge in [0.05, 0.1) is 11.7 Å². The Morgan fingerprint density at radius 2 is 2.35 bits per heavy atom. The van der Waals surface area contributed by atoms with Gasteiger partial charge in [0.15, 0.2) is 4.60 Å². The van der Waals surface area contributed by atoms with Crippen LogP contribution in [0.15, 0.2) is 10.7 Å². The van der Waals surface area contributed by atoms with Crippen LogP contribution in [0.4, 0.5) is 0 Å². The van der Waals surface area contributed by atoms with Gasteiger partial charge in [0.2, 0.25) is 0 Å². The van der Waals surface area contributed by atoms with Gasteiger partial charge in [0.1, 0.15) is 0 Å². The molecule has 1 aliphatic carbocycles. The van der Waals surface area contributed by atoms with Crippen molar-refractivity contribution in [3.05, 3.63) is 31.7 Å². The number of hydrogen-bond acceptors (Lipinski definition) is 4. The third-order valence-corrected chi connectivity index (χ3v) is 5.62. The summed E-state index contributed by atoms with van der Waals surface area (Å²) in [5.41, 5.74) is 2.65. The topological polar surface area (TPSA) is 42.7 Å². The molecular formula is C14H19BrN4S. The lowest BCUT2D eigenvalue weighted by atomic mass is 10.1. The van der Waals surface area contributed by atoms with Crippen LogP contribution in [0.2, 0.25) is 0 Å². The smallest absolute Gasteiger partial charge is 0.153 e. The fraction of sp³-hybridized carbons (Fsp3) is 0.571. The number of fused-ring (bicyclic) bond motifs is 1. The quantitative estimate of drug-likeness (QED) is 0.896. The number of halogens is 1. The summed E-state index contributed by atoms with van der Waals surface area (Å²) in [5, 5.41) is 11.9. The number of nitrogens with one attached hydrogen (secondary N) is 1. The first-order chi connectivity index (χ1) is 9.70. The van der Waals surface area contributed by atoms with E-state index in [-0.39, 0.29) is 6.04 Å². The molecule has 1 aliphatic rings. The highest BCUT2D eigenvalue weighted by molar-refractivity contribution is 9.10. The Hall–Kier alpha value is -0.720. The van der Waals surface area contributed by atoms with Gasteiger partial charge < -0.3 is 5.32 Å². The molecule has 4 nitrogen and oxygen atoms in total. The van der Waals surface area contributed by atoms with E-state index in [1.54, 1.807) is 10.4 Å². The molecular weight excluding hydrogens is 336 g/mol. The summed E-state index contributed by atoms with van der Waals surface area (Å²) in [6.45, 7) is 3.18. The summed E-state index contributed by atoms with van der Waals surface area (Å²) in [5.74, 6) is 0. The van der Waals surface area contributed by atoms with Crippen LogP contribution < -0.4 is 5.32 Å². The van der Waals surface area contributed by atoms with Crippen molar-refractivity contribution in [1.29, 1.82) is 0 Å². The van der Waals surface area contributed by atoms with Crippen molar-refractivity contribution in [3.63, 3.8) is 0 Å². The van der Waals surface area contributed by atoms with Crippen LogP contribution in [-0.2, 0) is 19.9 Å². The highest BCUT2D eigenvalue weighted by Crippen LogP contribution is 2.37. The van der Waals surface area contributed by atoms with E-state index in [1.165, 1.54) is 24.1 Å². The minimum Gasteiger partial charge on any atom is -0.304 e. The molecule has 3 rings (SSSR count). The van der Waals surface area contributed by atoms with Crippen molar-refractivity contribution in [2.45, 2.75) is 38.6 Å². The molecule has 0 fully saturated rings. The first-order valence-corrected chi connectivity index (χ1v) is 8.71. The normalized spacial score (nSPS) is 15.6. The van der Waals surface area contributed by atoms with E-state index in [4.69, 9.17) is 0 Å². The maximum atomic E-state index is 4.13. The van der Waals surface area contributed by atoms with Crippen LogP contribution >= 0.6 is 27.3 Å². The maximum Gasteiger partial charge on any atom is 0.153 e. The first kappa shape index (κ1) is 14.2. The van der Waals surface area contributed by atoms with Crippen molar-refractivity contribution in [2.75, 3.05) is 6.54 Å². The number of aryl methyl sites for hydroxylation is 3. The van der Waals surface area contributed by atoms with Crippen molar-refractivity contribution in [1.82, 2.24) is 20.3 Å². The lowest BCUT2D eigenvalue weighted by Gasteiger charge is -2.17. The summed E-state index contributed by atoms with van der Waals surface area (Å²) in [7, 11) is 1.95. The Bertz CT molecular complexity index is 563. The van der Waals surface area contributed by atoms with Crippen molar-refractivity contribution >= 4 is 27.3 Å². The summed E-state index contributed by atoms with van der Waals surface area (Å²) in [4.78, 5) is 2.95. The third kappa shape index (κ3) is 2.56. The van der Waals surface area contributed by atoms with Gasteiger partial charge in [-0.15, -0.1) is 16.4 Å². The predicted molar refractivity (Wildman–Crippen MR) is 85.2 cm³/mol. The van der Waals surface area contributed by atoms with E-state index in [2.05, 4.69) is 44.5 Å². The van der Waals surface area contributed by atoms with Crippen LogP contribution in [0.3, 0.4) is 0 Å². The molecule has 2 aromatic heterocycles. The van der Waals surface area contributed by atoms with Crippen molar-refractivity contribution in [2.24, 2.45) is 7.05 Å². The zero-order valence-electron chi connectivity index (χ0n) is 11.8. The minimum absolute atomic E-state index is 0.180. The molecule has 0 spiro atoms. The number of nitrogens with zero attached hydrogens (tertiary/aromatic N) is 3. The molecule has 1 atom stereocenters. The van der Waals surface area contributed by atoms with Gasteiger partial charge in [-0.25, -0.2) is 4.68 Å².